The predicted octanol–water partition coefficient (Wildman–Crippen LogP) is 6.96. The summed E-state index contributed by atoms with van der Waals surface area (Å²) in [5.74, 6) is 14.0. The molecule has 0 amide bonds. The van der Waals surface area contributed by atoms with Gasteiger partial charge in [0.25, 0.3) is 0 Å². The van der Waals surface area contributed by atoms with Gasteiger partial charge in [-0.1, -0.05) is 69.2 Å². The monoisotopic (exact) mass is 731 g/mol. The van der Waals surface area contributed by atoms with Crippen LogP contribution in [0.15, 0.2) is 0 Å². The van der Waals surface area contributed by atoms with Crippen LogP contribution in [0.2, 0.25) is 0 Å². The minimum atomic E-state index is 0. The van der Waals surface area contributed by atoms with Crippen molar-refractivity contribution in [3.05, 3.63) is 14.9 Å². The Morgan fingerprint density at radius 2 is 0.630 bits per heavy atom. The first-order chi connectivity index (χ1) is 19.9. The molecule has 0 aliphatic heterocycles. The Balaban J connectivity index is -0.000000115. The fraction of sp³-hybridized carbons (Fsp3) is 0.947. The van der Waals surface area contributed by atoms with E-state index >= 15 is 0 Å². The summed E-state index contributed by atoms with van der Waals surface area (Å²) in [6, 6.07) is 0. The van der Waals surface area contributed by atoms with Crippen LogP contribution in [0, 0.1) is 110 Å². The third-order valence-corrected chi connectivity index (χ3v) is 13.5. The van der Waals surface area contributed by atoms with Gasteiger partial charge in [-0.2, -0.15) is 0 Å². The van der Waals surface area contributed by atoms with Crippen molar-refractivity contribution in [2.45, 2.75) is 94.9 Å². The van der Waals surface area contributed by atoms with Crippen LogP contribution >= 0.6 is 0 Å². The average Bonchev–Trinajstić information content (AvgIpc) is 3.83. The molecule has 0 aromatic carbocycles. The van der Waals surface area contributed by atoms with Crippen LogP contribution < -0.4 is 0 Å². The molecule has 0 aromatic heterocycles. The van der Waals surface area contributed by atoms with E-state index in [9.17, 15) is 10.2 Å². The van der Waals surface area contributed by atoms with E-state index in [-0.39, 0.29) is 58.3 Å². The number of hydrogen-bond acceptors (Lipinski definition) is 6. The van der Waals surface area contributed by atoms with Crippen molar-refractivity contribution in [1.29, 1.82) is 0 Å². The summed E-state index contributed by atoms with van der Waals surface area (Å²) in [6.07, 6.45) is 5.14. The Bertz CT molecular complexity index is 537. The van der Waals surface area contributed by atoms with Crippen LogP contribution in [0.4, 0.5) is 0 Å². The van der Waals surface area contributed by atoms with Crippen molar-refractivity contribution in [1.82, 2.24) is 0 Å². The molecule has 46 heavy (non-hydrogen) atoms. The van der Waals surface area contributed by atoms with Gasteiger partial charge in [0.1, 0.15) is 0 Å². The normalized spacial score (nSPS) is 41.5. The first-order valence-electron chi connectivity index (χ1n) is 16.9. The smallest absolute Gasteiger partial charge is 0.0462 e. The molecule has 6 unspecified atom stereocenters. The molecule has 6 N–H and O–H groups in total. The van der Waals surface area contributed by atoms with Crippen molar-refractivity contribution in [3.63, 3.8) is 0 Å². The third-order valence-electron chi connectivity index (χ3n) is 13.5. The van der Waals surface area contributed by atoms with Crippen LogP contribution in [-0.2, 0) is 43.4 Å². The van der Waals surface area contributed by atoms with E-state index in [0.29, 0.717) is 25.0 Å². The van der Waals surface area contributed by atoms with Gasteiger partial charge < -0.3 is 45.5 Å². The Morgan fingerprint density at radius 1 is 0.370 bits per heavy atom. The Hall–Kier alpha value is 1.19. The van der Waals surface area contributed by atoms with Gasteiger partial charge in [-0.15, -0.1) is 0 Å². The van der Waals surface area contributed by atoms with E-state index in [2.05, 4.69) is 69.2 Å². The molecule has 0 saturated heterocycles. The molecule has 5 aliphatic carbocycles. The topological polar surface area (TPSA) is 121 Å². The summed E-state index contributed by atoms with van der Waals surface area (Å²) in [6.45, 7) is 24.8. The van der Waals surface area contributed by atoms with E-state index in [1.54, 1.807) is 0 Å². The van der Waals surface area contributed by atoms with Crippen molar-refractivity contribution >= 4 is 0 Å². The van der Waals surface area contributed by atoms with Gasteiger partial charge in [0.05, 0.1) is 0 Å². The molecule has 5 fully saturated rings. The molecular formula is C38H82O6Ti2-2. The van der Waals surface area contributed by atoms with Gasteiger partial charge in [-0.05, 0) is 120 Å². The second kappa shape index (κ2) is 31.0. The van der Waals surface area contributed by atoms with Gasteiger partial charge in [0.15, 0.2) is 0 Å². The first kappa shape index (κ1) is 59.3. The van der Waals surface area contributed by atoms with E-state index in [0.717, 1.165) is 111 Å². The summed E-state index contributed by atoms with van der Waals surface area (Å²) < 4.78 is 0. The summed E-state index contributed by atoms with van der Waals surface area (Å²) >= 11 is 0. The molecule has 0 aromatic rings. The Morgan fingerprint density at radius 3 is 0.870 bits per heavy atom. The van der Waals surface area contributed by atoms with Crippen molar-refractivity contribution < 1.29 is 74.1 Å². The van der Waals surface area contributed by atoms with Crippen LogP contribution in [-0.4, -0.2) is 72.3 Å². The van der Waals surface area contributed by atoms with E-state index in [4.69, 9.17) is 20.4 Å². The zero-order chi connectivity index (χ0) is 33.5. The molecular weight excluding hydrogens is 648 g/mol. The van der Waals surface area contributed by atoms with Crippen molar-refractivity contribution in [2.75, 3.05) is 41.7 Å². The molecule has 0 heterocycles. The van der Waals surface area contributed by atoms with Crippen LogP contribution in [0.1, 0.15) is 94.9 Å². The fourth-order valence-electron chi connectivity index (χ4n) is 9.47. The van der Waals surface area contributed by atoms with E-state index in [1.165, 1.54) is 25.7 Å². The zero-order valence-electron chi connectivity index (χ0n) is 33.2. The fourth-order valence-corrected chi connectivity index (χ4v) is 9.47. The number of rotatable bonds is 2. The first-order valence-corrected chi connectivity index (χ1v) is 16.9. The SMILES string of the molecule is CC1C(C)C(C)C(C)C1C.CC1C(C)C(C)C(C)C1C.CO.CO.CO.CO.OCC1CC2C3CC(CO)C(C3)C2C1.[CH3-].[CH3-].[Ti].[Ti]. The number of hydrogen-bond donors (Lipinski definition) is 6. The molecule has 5 rings (SSSR count). The van der Waals surface area contributed by atoms with Crippen molar-refractivity contribution in [2.24, 2.45) is 94.7 Å². The van der Waals surface area contributed by atoms with E-state index < -0.39 is 0 Å². The second-order valence-corrected chi connectivity index (χ2v) is 14.3. The zero-order valence-corrected chi connectivity index (χ0v) is 36.3. The molecule has 8 heteroatoms. The summed E-state index contributed by atoms with van der Waals surface area (Å²) in [7, 11) is 4.00. The van der Waals surface area contributed by atoms with Crippen LogP contribution in [0.25, 0.3) is 0 Å². The Labute approximate surface area is 318 Å². The second-order valence-electron chi connectivity index (χ2n) is 14.3. The van der Waals surface area contributed by atoms with Crippen LogP contribution in [0.3, 0.4) is 0 Å². The van der Waals surface area contributed by atoms with E-state index in [1.807, 2.05) is 0 Å². The van der Waals surface area contributed by atoms with Gasteiger partial charge >= 0.3 is 0 Å². The third kappa shape index (κ3) is 14.8. The maximum atomic E-state index is 9.28. The minimum Gasteiger partial charge on any atom is -0.400 e. The number of aliphatic hydroxyl groups excluding tert-OH is 6. The predicted molar refractivity (Wildman–Crippen MR) is 191 cm³/mol. The number of fused-ring (bicyclic) bond motifs is 5. The molecule has 0 spiro atoms. The summed E-state index contributed by atoms with van der Waals surface area (Å²) in [5, 5.41) is 46.5. The largest absolute Gasteiger partial charge is 0.400 e. The Kier molecular flexibility index (Phi) is 39.9. The van der Waals surface area contributed by atoms with Crippen LogP contribution in [0.5, 0.6) is 0 Å². The summed E-state index contributed by atoms with van der Waals surface area (Å²) in [4.78, 5) is 0. The van der Waals surface area contributed by atoms with Crippen molar-refractivity contribution in [3.8, 4) is 0 Å². The molecule has 5 aliphatic rings. The van der Waals surface area contributed by atoms with Gasteiger partial charge in [-0.25, -0.2) is 0 Å². The molecule has 6 atom stereocenters. The molecule has 5 saturated carbocycles. The number of aliphatic hydroxyl groups is 6. The maximum Gasteiger partial charge on any atom is 0.0462 e. The quantitative estimate of drug-likeness (QED) is 0.135. The molecule has 6 nitrogen and oxygen atoms in total. The van der Waals surface area contributed by atoms with Gasteiger partial charge in [-0.3, -0.25) is 0 Å². The average molecular weight is 731 g/mol. The summed E-state index contributed by atoms with van der Waals surface area (Å²) in [5.41, 5.74) is 0. The van der Waals surface area contributed by atoms with Gasteiger partial charge in [0.2, 0.25) is 0 Å². The van der Waals surface area contributed by atoms with Gasteiger partial charge in [0, 0.05) is 85.1 Å². The molecule has 0 radical (unpaired) electrons. The molecule has 280 valence electrons. The molecule has 2 bridgehead atoms. The standard InChI is InChI=1S/C12H20O2.2C10H20.4CH4O.2CH3.2Ti/c13-5-7-1-10-8-3-9(6-14)11(4-8)12(10)2-7;2*1-6-7(2)9(4)10(5)8(6)3;4*1-2;;;;/h7-14H,1-6H2;2*6-10H,1-5H3;4*2H,1H3;2*1H3;;/q;;;;;;;2*-1;;. The minimum absolute atomic E-state index is 0. The maximum absolute atomic E-state index is 9.28.